The average molecular weight is 247 g/mol. The number of fused-ring (bicyclic) bond motifs is 1. The lowest BCUT2D eigenvalue weighted by Gasteiger charge is -2.18. The molecule has 7 heteroatoms. The van der Waals surface area contributed by atoms with E-state index in [1.54, 1.807) is 6.20 Å². The molecule has 1 saturated heterocycles. The van der Waals surface area contributed by atoms with Gasteiger partial charge in [0.05, 0.1) is 11.6 Å². The van der Waals surface area contributed by atoms with Gasteiger partial charge in [-0.2, -0.15) is 15.1 Å². The zero-order chi connectivity index (χ0) is 12.7. The molecule has 2 aromatic heterocycles. The van der Waals surface area contributed by atoms with Gasteiger partial charge in [0.1, 0.15) is 5.82 Å². The molecular weight excluding hydrogens is 230 g/mol. The summed E-state index contributed by atoms with van der Waals surface area (Å²) in [6, 6.07) is 0. The molecule has 0 radical (unpaired) electrons. The van der Waals surface area contributed by atoms with Crippen LogP contribution in [0.3, 0.4) is 0 Å². The second-order valence-electron chi connectivity index (χ2n) is 5.01. The van der Waals surface area contributed by atoms with Gasteiger partial charge in [0.2, 0.25) is 5.95 Å². The van der Waals surface area contributed by atoms with Gasteiger partial charge >= 0.3 is 0 Å². The Morgan fingerprint density at radius 2 is 2.06 bits per heavy atom. The summed E-state index contributed by atoms with van der Waals surface area (Å²) in [5, 5.41) is 7.82. The summed E-state index contributed by atoms with van der Waals surface area (Å²) in [4.78, 5) is 11.0. The number of nitrogens with one attached hydrogen (secondary N) is 2. The largest absolute Gasteiger partial charge is 0.355 e. The third-order valence-electron chi connectivity index (χ3n) is 3.71. The van der Waals surface area contributed by atoms with Crippen molar-refractivity contribution in [3.63, 3.8) is 0 Å². The highest BCUT2D eigenvalue weighted by Crippen LogP contribution is 2.30. The number of nitrogens with zero attached hydrogens (tertiary/aromatic N) is 4. The lowest BCUT2D eigenvalue weighted by Crippen LogP contribution is -2.22. The van der Waals surface area contributed by atoms with Crippen LogP contribution in [0.5, 0.6) is 0 Å². The first-order valence-corrected chi connectivity index (χ1v) is 6.11. The van der Waals surface area contributed by atoms with Crippen molar-refractivity contribution in [1.82, 2.24) is 20.2 Å². The van der Waals surface area contributed by atoms with E-state index in [0.29, 0.717) is 23.4 Å². The molecule has 0 saturated carbocycles. The number of rotatable bonds is 2. The molecular formula is C11H17N7. The molecule has 18 heavy (non-hydrogen) atoms. The molecule has 0 aliphatic carbocycles. The molecule has 2 aromatic rings. The van der Waals surface area contributed by atoms with Crippen LogP contribution in [0.4, 0.5) is 11.8 Å². The number of nitrogen functional groups attached to an aromatic ring is 1. The standard InChI is InChI=1S/C11H17N7/c1-6-4-18(5-7(6)2)10-8-3-13-17-9(8)14-11(15-10)16-12/h3,6-7H,4-5,12H2,1-2H3,(H2,13,14,15,16,17). The van der Waals surface area contributed by atoms with Gasteiger partial charge in [0.15, 0.2) is 5.65 Å². The predicted octanol–water partition coefficient (Wildman–Crippen LogP) is 0.731. The molecule has 0 spiro atoms. The van der Waals surface area contributed by atoms with Crippen molar-refractivity contribution >= 4 is 22.8 Å². The summed E-state index contributed by atoms with van der Waals surface area (Å²) in [5.41, 5.74) is 3.21. The average Bonchev–Trinajstić information content (AvgIpc) is 2.95. The fraction of sp³-hybridized carbons (Fsp3) is 0.545. The zero-order valence-corrected chi connectivity index (χ0v) is 10.5. The van der Waals surface area contributed by atoms with Gasteiger partial charge in [-0.15, -0.1) is 0 Å². The van der Waals surface area contributed by atoms with Crippen LogP contribution in [0.2, 0.25) is 0 Å². The Morgan fingerprint density at radius 1 is 1.33 bits per heavy atom. The van der Waals surface area contributed by atoms with Crippen molar-refractivity contribution in [3.8, 4) is 0 Å². The van der Waals surface area contributed by atoms with Crippen LogP contribution in [0, 0.1) is 11.8 Å². The fourth-order valence-corrected chi connectivity index (χ4v) is 2.43. The van der Waals surface area contributed by atoms with Gasteiger partial charge in [-0.25, -0.2) is 5.84 Å². The van der Waals surface area contributed by atoms with E-state index in [0.717, 1.165) is 24.3 Å². The van der Waals surface area contributed by atoms with E-state index in [1.807, 2.05) is 0 Å². The van der Waals surface area contributed by atoms with Crippen LogP contribution in [0.25, 0.3) is 11.0 Å². The second kappa shape index (κ2) is 4.09. The van der Waals surface area contributed by atoms with Gasteiger partial charge in [0.25, 0.3) is 0 Å². The molecule has 4 N–H and O–H groups in total. The molecule has 2 atom stereocenters. The minimum atomic E-state index is 0.411. The van der Waals surface area contributed by atoms with Gasteiger partial charge < -0.3 is 4.90 Å². The molecule has 0 bridgehead atoms. The van der Waals surface area contributed by atoms with Crippen molar-refractivity contribution in [2.24, 2.45) is 17.7 Å². The SMILES string of the molecule is CC1CN(c2nc(NN)nc3[nH]ncc23)CC1C. The molecule has 7 nitrogen and oxygen atoms in total. The van der Waals surface area contributed by atoms with Gasteiger partial charge in [-0.05, 0) is 11.8 Å². The summed E-state index contributed by atoms with van der Waals surface area (Å²) < 4.78 is 0. The number of anilines is 2. The minimum absolute atomic E-state index is 0.411. The summed E-state index contributed by atoms with van der Waals surface area (Å²) in [6.07, 6.45) is 1.76. The molecule has 3 heterocycles. The van der Waals surface area contributed by atoms with E-state index >= 15 is 0 Å². The lowest BCUT2D eigenvalue weighted by molar-refractivity contribution is 0.494. The molecule has 1 fully saturated rings. The lowest BCUT2D eigenvalue weighted by atomic mass is 10.0. The fourth-order valence-electron chi connectivity index (χ4n) is 2.43. The highest BCUT2D eigenvalue weighted by molar-refractivity contribution is 5.87. The van der Waals surface area contributed by atoms with Crippen LogP contribution in [0.15, 0.2) is 6.20 Å². The van der Waals surface area contributed by atoms with Gasteiger partial charge in [-0.3, -0.25) is 10.5 Å². The van der Waals surface area contributed by atoms with Crippen LogP contribution in [-0.4, -0.2) is 33.3 Å². The minimum Gasteiger partial charge on any atom is -0.355 e. The van der Waals surface area contributed by atoms with Crippen LogP contribution < -0.4 is 16.2 Å². The first-order valence-electron chi connectivity index (χ1n) is 6.11. The van der Waals surface area contributed by atoms with Crippen LogP contribution in [-0.2, 0) is 0 Å². The van der Waals surface area contributed by atoms with E-state index in [4.69, 9.17) is 5.84 Å². The molecule has 1 aliphatic rings. The molecule has 2 unspecified atom stereocenters. The van der Waals surface area contributed by atoms with E-state index in [-0.39, 0.29) is 0 Å². The Morgan fingerprint density at radius 3 is 2.72 bits per heavy atom. The number of aromatic amines is 1. The number of hydrogen-bond acceptors (Lipinski definition) is 6. The molecule has 0 aromatic carbocycles. The normalized spacial score (nSPS) is 23.8. The van der Waals surface area contributed by atoms with Crippen molar-refractivity contribution in [2.45, 2.75) is 13.8 Å². The number of H-pyrrole nitrogens is 1. The Bertz CT molecular complexity index is 554. The van der Waals surface area contributed by atoms with E-state index in [1.165, 1.54) is 0 Å². The van der Waals surface area contributed by atoms with Crippen molar-refractivity contribution in [2.75, 3.05) is 23.4 Å². The molecule has 3 rings (SSSR count). The maximum atomic E-state index is 5.40. The first-order chi connectivity index (χ1) is 8.69. The predicted molar refractivity (Wildman–Crippen MR) is 70.0 cm³/mol. The third kappa shape index (κ3) is 1.67. The molecule has 96 valence electrons. The van der Waals surface area contributed by atoms with E-state index < -0.39 is 0 Å². The van der Waals surface area contributed by atoms with Crippen molar-refractivity contribution in [3.05, 3.63) is 6.20 Å². The van der Waals surface area contributed by atoms with Crippen molar-refractivity contribution in [1.29, 1.82) is 0 Å². The van der Waals surface area contributed by atoms with Gasteiger partial charge in [0, 0.05) is 13.1 Å². The molecule has 0 amide bonds. The van der Waals surface area contributed by atoms with Crippen LogP contribution >= 0.6 is 0 Å². The third-order valence-corrected chi connectivity index (χ3v) is 3.71. The van der Waals surface area contributed by atoms with E-state index in [2.05, 4.69) is 44.3 Å². The quantitative estimate of drug-likeness (QED) is 0.535. The summed E-state index contributed by atoms with van der Waals surface area (Å²) >= 11 is 0. The summed E-state index contributed by atoms with van der Waals surface area (Å²) in [5.74, 6) is 8.04. The monoisotopic (exact) mass is 247 g/mol. The number of hydrogen-bond donors (Lipinski definition) is 3. The van der Waals surface area contributed by atoms with Crippen molar-refractivity contribution < 1.29 is 0 Å². The smallest absolute Gasteiger partial charge is 0.241 e. The topological polar surface area (TPSA) is 95.8 Å². The maximum Gasteiger partial charge on any atom is 0.241 e. The highest BCUT2D eigenvalue weighted by Gasteiger charge is 2.28. The Labute approximate surface area is 105 Å². The number of aromatic nitrogens is 4. The highest BCUT2D eigenvalue weighted by atomic mass is 15.3. The Hall–Kier alpha value is -1.89. The van der Waals surface area contributed by atoms with Gasteiger partial charge in [-0.1, -0.05) is 13.8 Å². The first kappa shape index (κ1) is 11.2. The van der Waals surface area contributed by atoms with Crippen LogP contribution in [0.1, 0.15) is 13.8 Å². The number of nitrogens with two attached hydrogens (primary N) is 1. The Kier molecular flexibility index (Phi) is 2.55. The zero-order valence-electron chi connectivity index (χ0n) is 10.5. The molecule has 1 aliphatic heterocycles. The second-order valence-corrected chi connectivity index (χ2v) is 5.01. The van der Waals surface area contributed by atoms with E-state index in [9.17, 15) is 0 Å². The summed E-state index contributed by atoms with van der Waals surface area (Å²) in [6.45, 7) is 6.53. The summed E-state index contributed by atoms with van der Waals surface area (Å²) in [7, 11) is 0. The number of hydrazine groups is 1. The Balaban J connectivity index is 2.07. The maximum absolute atomic E-state index is 5.40.